The molecule has 8 nitrogen and oxygen atoms in total. The van der Waals surface area contributed by atoms with Crippen LogP contribution in [0, 0.1) is 6.92 Å². The summed E-state index contributed by atoms with van der Waals surface area (Å²) in [6.45, 7) is 3.75. The van der Waals surface area contributed by atoms with Crippen LogP contribution in [0.2, 0.25) is 0 Å². The Labute approximate surface area is 179 Å². The van der Waals surface area contributed by atoms with Gasteiger partial charge in [-0.05, 0) is 30.7 Å². The minimum atomic E-state index is -3.76. The summed E-state index contributed by atoms with van der Waals surface area (Å²) >= 11 is 0.862. The van der Waals surface area contributed by atoms with E-state index in [9.17, 15) is 13.2 Å². The maximum absolute atomic E-state index is 13.0. The molecule has 1 aliphatic heterocycles. The van der Waals surface area contributed by atoms with Crippen LogP contribution in [0.1, 0.15) is 15.9 Å². The van der Waals surface area contributed by atoms with E-state index in [1.165, 1.54) is 4.31 Å². The lowest BCUT2D eigenvalue weighted by Gasteiger charge is -2.34. The molecule has 0 saturated carbocycles. The van der Waals surface area contributed by atoms with Gasteiger partial charge in [-0.15, -0.1) is 10.2 Å². The van der Waals surface area contributed by atoms with E-state index < -0.39 is 10.0 Å². The van der Waals surface area contributed by atoms with Gasteiger partial charge >= 0.3 is 0 Å². The summed E-state index contributed by atoms with van der Waals surface area (Å²) in [5.41, 5.74) is 2.41. The summed E-state index contributed by atoms with van der Waals surface area (Å²) in [5, 5.41) is 10.5. The highest BCUT2D eigenvalue weighted by atomic mass is 32.2. The van der Waals surface area contributed by atoms with Crippen LogP contribution < -0.4 is 10.2 Å². The zero-order chi connectivity index (χ0) is 21.1. The lowest BCUT2D eigenvalue weighted by molar-refractivity contribution is 0.102. The summed E-state index contributed by atoms with van der Waals surface area (Å²) < 4.78 is 27.2. The Morgan fingerprint density at radius 2 is 1.63 bits per heavy atom. The summed E-state index contributed by atoms with van der Waals surface area (Å²) in [5.74, 6) is -0.343. The van der Waals surface area contributed by atoms with Crippen molar-refractivity contribution in [3.8, 4) is 0 Å². The molecule has 4 rings (SSSR count). The number of sulfonamides is 1. The molecule has 1 amide bonds. The number of amides is 1. The Hall–Kier alpha value is -2.82. The molecular weight excluding hydrogens is 422 g/mol. The monoisotopic (exact) mass is 443 g/mol. The van der Waals surface area contributed by atoms with Gasteiger partial charge in [0.15, 0.2) is 0 Å². The third-order valence-corrected chi connectivity index (χ3v) is 8.02. The maximum atomic E-state index is 13.0. The van der Waals surface area contributed by atoms with E-state index in [-0.39, 0.29) is 15.4 Å². The van der Waals surface area contributed by atoms with Crippen molar-refractivity contribution in [2.45, 2.75) is 11.3 Å². The highest BCUT2D eigenvalue weighted by Gasteiger charge is 2.32. The van der Waals surface area contributed by atoms with E-state index in [2.05, 4.69) is 20.4 Å². The van der Waals surface area contributed by atoms with E-state index in [1.807, 2.05) is 49.4 Å². The van der Waals surface area contributed by atoms with E-state index in [4.69, 9.17) is 0 Å². The molecule has 2 aromatic carbocycles. The number of carbonyl (C=O) groups excluding carboxylic acids is 1. The Bertz CT molecular complexity index is 1140. The fourth-order valence-corrected chi connectivity index (χ4v) is 5.75. The molecule has 1 aliphatic rings. The minimum Gasteiger partial charge on any atom is -0.369 e. The van der Waals surface area contributed by atoms with Crippen molar-refractivity contribution in [3.05, 3.63) is 65.7 Å². The number of anilines is 2. The zero-order valence-corrected chi connectivity index (χ0v) is 18.0. The maximum Gasteiger partial charge on any atom is 0.272 e. The fraction of sp³-hybridized carbons (Fsp3) is 0.250. The Kier molecular flexibility index (Phi) is 5.80. The molecule has 0 spiro atoms. The quantitative estimate of drug-likeness (QED) is 0.609. The summed E-state index contributed by atoms with van der Waals surface area (Å²) in [6.07, 6.45) is 0. The van der Waals surface area contributed by atoms with Gasteiger partial charge in [0.2, 0.25) is 9.47 Å². The highest BCUT2D eigenvalue weighted by Crippen LogP contribution is 2.26. The fourth-order valence-electron chi connectivity index (χ4n) is 3.29. The van der Waals surface area contributed by atoms with Crippen molar-refractivity contribution in [1.29, 1.82) is 0 Å². The number of carbonyl (C=O) groups is 1. The van der Waals surface area contributed by atoms with Crippen molar-refractivity contribution in [2.75, 3.05) is 36.4 Å². The molecular formula is C20H21N5O3S2. The Balaban J connectivity index is 1.43. The first-order valence-corrected chi connectivity index (χ1v) is 11.7. The first kappa shape index (κ1) is 20.5. The van der Waals surface area contributed by atoms with E-state index in [1.54, 1.807) is 12.1 Å². The number of benzene rings is 2. The molecule has 1 N–H and O–H groups in total. The molecule has 3 aromatic rings. The number of para-hydroxylation sites is 1. The van der Waals surface area contributed by atoms with Gasteiger partial charge in [-0.3, -0.25) is 10.1 Å². The molecule has 2 heterocycles. The van der Waals surface area contributed by atoms with Gasteiger partial charge in [0.05, 0.1) is 0 Å². The van der Waals surface area contributed by atoms with Crippen molar-refractivity contribution in [2.24, 2.45) is 0 Å². The van der Waals surface area contributed by atoms with E-state index in [0.29, 0.717) is 31.7 Å². The smallest absolute Gasteiger partial charge is 0.272 e. The van der Waals surface area contributed by atoms with E-state index >= 15 is 0 Å². The largest absolute Gasteiger partial charge is 0.369 e. The van der Waals surface area contributed by atoms with Gasteiger partial charge in [-0.1, -0.05) is 47.7 Å². The minimum absolute atomic E-state index is 0.115. The highest BCUT2D eigenvalue weighted by molar-refractivity contribution is 7.91. The molecule has 1 aromatic heterocycles. The number of aromatic nitrogens is 2. The van der Waals surface area contributed by atoms with Crippen LogP contribution in [-0.4, -0.2) is 55.0 Å². The standard InChI is InChI=1S/C20H21N5O3S2/c1-15-7-5-6-10-17(15)18(26)21-19-22-23-20(29-19)30(27,28)25-13-11-24(12-14-25)16-8-3-2-4-9-16/h2-10H,11-14H2,1H3,(H,21,22,26). The molecule has 0 radical (unpaired) electrons. The molecule has 0 aliphatic carbocycles. The normalized spacial score (nSPS) is 15.2. The number of nitrogens with zero attached hydrogens (tertiary/aromatic N) is 4. The topological polar surface area (TPSA) is 95.5 Å². The van der Waals surface area contributed by atoms with E-state index in [0.717, 1.165) is 22.6 Å². The number of aryl methyl sites for hydroxylation is 1. The van der Waals surface area contributed by atoms with Gasteiger partial charge in [-0.25, -0.2) is 8.42 Å². The third-order valence-electron chi connectivity index (χ3n) is 4.94. The molecule has 10 heteroatoms. The van der Waals surface area contributed by atoms with Crippen molar-refractivity contribution in [3.63, 3.8) is 0 Å². The number of hydrogen-bond acceptors (Lipinski definition) is 7. The number of nitrogens with one attached hydrogen (secondary N) is 1. The average molecular weight is 444 g/mol. The summed E-state index contributed by atoms with van der Waals surface area (Å²) in [6, 6.07) is 17.1. The first-order valence-electron chi connectivity index (χ1n) is 9.46. The summed E-state index contributed by atoms with van der Waals surface area (Å²) in [4.78, 5) is 14.6. The SMILES string of the molecule is Cc1ccccc1C(=O)Nc1nnc(S(=O)(=O)N2CCN(c3ccccc3)CC2)s1. The van der Waals surface area contributed by atoms with Gasteiger partial charge in [0.25, 0.3) is 15.9 Å². The molecule has 0 bridgehead atoms. The molecule has 1 fully saturated rings. The van der Waals surface area contributed by atoms with Crippen LogP contribution in [-0.2, 0) is 10.0 Å². The number of rotatable bonds is 5. The van der Waals surface area contributed by atoms with Crippen molar-refractivity contribution >= 4 is 38.1 Å². The zero-order valence-electron chi connectivity index (χ0n) is 16.4. The van der Waals surface area contributed by atoms with Crippen molar-refractivity contribution < 1.29 is 13.2 Å². The van der Waals surface area contributed by atoms with Crippen LogP contribution in [0.5, 0.6) is 0 Å². The number of piperazine rings is 1. The van der Waals surface area contributed by atoms with Gasteiger partial charge in [-0.2, -0.15) is 4.31 Å². The average Bonchev–Trinajstić information content (AvgIpc) is 3.24. The first-order chi connectivity index (χ1) is 14.4. The second-order valence-corrected chi connectivity index (χ2v) is 9.96. The Morgan fingerprint density at radius 1 is 0.967 bits per heavy atom. The molecule has 0 unspecified atom stereocenters. The lowest BCUT2D eigenvalue weighted by Crippen LogP contribution is -2.48. The second kappa shape index (κ2) is 8.50. The van der Waals surface area contributed by atoms with Crippen LogP contribution in [0.25, 0.3) is 0 Å². The summed E-state index contributed by atoms with van der Waals surface area (Å²) in [7, 11) is -3.76. The number of hydrogen-bond donors (Lipinski definition) is 1. The van der Waals surface area contributed by atoms with Gasteiger partial charge in [0.1, 0.15) is 0 Å². The lowest BCUT2D eigenvalue weighted by atomic mass is 10.1. The van der Waals surface area contributed by atoms with Crippen LogP contribution in [0.15, 0.2) is 58.9 Å². The molecule has 30 heavy (non-hydrogen) atoms. The van der Waals surface area contributed by atoms with Gasteiger partial charge in [0, 0.05) is 37.4 Å². The molecule has 0 atom stereocenters. The predicted molar refractivity (Wildman–Crippen MR) is 116 cm³/mol. The molecule has 156 valence electrons. The van der Waals surface area contributed by atoms with Crippen LogP contribution >= 0.6 is 11.3 Å². The van der Waals surface area contributed by atoms with Crippen LogP contribution in [0.4, 0.5) is 10.8 Å². The Morgan fingerprint density at radius 3 is 2.33 bits per heavy atom. The molecule has 1 saturated heterocycles. The van der Waals surface area contributed by atoms with Crippen molar-refractivity contribution in [1.82, 2.24) is 14.5 Å². The van der Waals surface area contributed by atoms with Crippen LogP contribution in [0.3, 0.4) is 0 Å². The third kappa shape index (κ3) is 4.20. The van der Waals surface area contributed by atoms with Gasteiger partial charge < -0.3 is 4.90 Å². The second-order valence-electron chi connectivity index (χ2n) is 6.87. The predicted octanol–water partition coefficient (Wildman–Crippen LogP) is 2.61.